The molecule has 1 amide bonds. The van der Waals surface area contributed by atoms with E-state index in [1.165, 1.54) is 12.3 Å². The third-order valence-electron chi connectivity index (χ3n) is 1.97. The second-order valence-corrected chi connectivity index (χ2v) is 4.05. The number of carboxylic acid groups (broad SMARTS) is 1. The molecule has 0 fully saturated rings. The number of carbonyl (C=O) groups is 2. The van der Waals surface area contributed by atoms with E-state index in [1.54, 1.807) is 13.0 Å². The highest BCUT2D eigenvalue weighted by atomic mass is 79.9. The van der Waals surface area contributed by atoms with Crippen LogP contribution in [-0.2, 0) is 4.79 Å². The molecule has 0 saturated heterocycles. The van der Waals surface area contributed by atoms with Gasteiger partial charge in [-0.15, -0.1) is 0 Å². The molecule has 86 valence electrons. The Balaban J connectivity index is 2.71. The Labute approximate surface area is 101 Å². The van der Waals surface area contributed by atoms with Gasteiger partial charge in [0, 0.05) is 10.7 Å². The molecule has 16 heavy (non-hydrogen) atoms. The minimum Gasteiger partial charge on any atom is -0.480 e. The SMILES string of the molecule is CC[C@@H](NC(=O)c1ccc(Br)cn1)C(=O)O. The largest absolute Gasteiger partial charge is 0.480 e. The van der Waals surface area contributed by atoms with Gasteiger partial charge in [0.05, 0.1) is 0 Å². The maximum absolute atomic E-state index is 11.6. The van der Waals surface area contributed by atoms with Gasteiger partial charge in [-0.2, -0.15) is 0 Å². The van der Waals surface area contributed by atoms with Gasteiger partial charge in [0.15, 0.2) is 0 Å². The number of pyridine rings is 1. The van der Waals surface area contributed by atoms with E-state index in [-0.39, 0.29) is 5.69 Å². The highest BCUT2D eigenvalue weighted by molar-refractivity contribution is 9.10. The molecule has 0 bridgehead atoms. The quantitative estimate of drug-likeness (QED) is 0.878. The lowest BCUT2D eigenvalue weighted by Gasteiger charge is -2.11. The summed E-state index contributed by atoms with van der Waals surface area (Å²) < 4.78 is 0.759. The van der Waals surface area contributed by atoms with Gasteiger partial charge in [0.2, 0.25) is 0 Å². The molecule has 1 rings (SSSR count). The minimum atomic E-state index is -1.05. The molecule has 0 aliphatic rings. The number of nitrogens with zero attached hydrogens (tertiary/aromatic N) is 1. The topological polar surface area (TPSA) is 79.3 Å². The van der Waals surface area contributed by atoms with Gasteiger partial charge >= 0.3 is 5.97 Å². The number of hydrogen-bond acceptors (Lipinski definition) is 3. The van der Waals surface area contributed by atoms with Crippen LogP contribution in [0, 0.1) is 0 Å². The van der Waals surface area contributed by atoms with Crippen molar-refractivity contribution in [1.29, 1.82) is 0 Å². The second kappa shape index (κ2) is 5.60. The normalized spacial score (nSPS) is 11.9. The van der Waals surface area contributed by atoms with Crippen molar-refractivity contribution in [2.75, 3.05) is 0 Å². The molecule has 6 heteroatoms. The average molecular weight is 287 g/mol. The minimum absolute atomic E-state index is 0.197. The number of aromatic nitrogens is 1. The molecule has 5 nitrogen and oxygen atoms in total. The molecular formula is C10H11BrN2O3. The molecule has 0 saturated carbocycles. The fourth-order valence-corrected chi connectivity index (χ4v) is 1.32. The fourth-order valence-electron chi connectivity index (χ4n) is 1.08. The highest BCUT2D eigenvalue weighted by Gasteiger charge is 2.18. The van der Waals surface area contributed by atoms with Crippen LogP contribution in [0.4, 0.5) is 0 Å². The maximum atomic E-state index is 11.6. The first kappa shape index (κ1) is 12.6. The summed E-state index contributed by atoms with van der Waals surface area (Å²) in [6.07, 6.45) is 1.81. The first-order valence-electron chi connectivity index (χ1n) is 4.69. The third kappa shape index (κ3) is 3.30. The molecule has 1 aromatic rings. The van der Waals surface area contributed by atoms with Gasteiger partial charge in [-0.1, -0.05) is 6.92 Å². The number of carbonyl (C=O) groups excluding carboxylic acids is 1. The lowest BCUT2D eigenvalue weighted by molar-refractivity contribution is -0.139. The van der Waals surface area contributed by atoms with Crippen molar-refractivity contribution in [3.8, 4) is 0 Å². The molecular weight excluding hydrogens is 276 g/mol. The Hall–Kier alpha value is -1.43. The van der Waals surface area contributed by atoms with Gasteiger partial charge in [-0.05, 0) is 34.5 Å². The van der Waals surface area contributed by atoms with Crippen molar-refractivity contribution in [2.45, 2.75) is 19.4 Å². The van der Waals surface area contributed by atoms with E-state index in [4.69, 9.17) is 5.11 Å². The molecule has 1 atom stereocenters. The predicted molar refractivity (Wildman–Crippen MR) is 61.1 cm³/mol. The average Bonchev–Trinajstić information content (AvgIpc) is 2.26. The van der Waals surface area contributed by atoms with Gasteiger partial charge < -0.3 is 10.4 Å². The van der Waals surface area contributed by atoms with Crippen molar-refractivity contribution in [3.05, 3.63) is 28.5 Å². The summed E-state index contributed by atoms with van der Waals surface area (Å²) in [6, 6.07) is 2.32. The molecule has 1 aromatic heterocycles. The van der Waals surface area contributed by atoms with Crippen molar-refractivity contribution in [3.63, 3.8) is 0 Å². The summed E-state index contributed by atoms with van der Waals surface area (Å²) in [5.74, 6) is -1.53. The monoisotopic (exact) mass is 286 g/mol. The molecule has 0 aliphatic heterocycles. The van der Waals surface area contributed by atoms with Crippen LogP contribution in [0.3, 0.4) is 0 Å². The first-order chi connectivity index (χ1) is 7.54. The van der Waals surface area contributed by atoms with E-state index in [0.29, 0.717) is 6.42 Å². The van der Waals surface area contributed by atoms with Crippen LogP contribution in [0.2, 0.25) is 0 Å². The fraction of sp³-hybridized carbons (Fsp3) is 0.300. The molecule has 0 radical (unpaired) electrons. The Kier molecular flexibility index (Phi) is 4.42. The van der Waals surface area contributed by atoms with E-state index in [1.807, 2.05) is 0 Å². The van der Waals surface area contributed by atoms with Crippen LogP contribution in [0.1, 0.15) is 23.8 Å². The predicted octanol–water partition coefficient (Wildman–Crippen LogP) is 1.44. The summed E-state index contributed by atoms with van der Waals surface area (Å²) in [5.41, 5.74) is 0.197. The standard InChI is InChI=1S/C10H11BrN2O3/c1-2-7(10(15)16)13-9(14)8-4-3-6(11)5-12-8/h3-5,7H,2H2,1H3,(H,13,14)(H,15,16)/t7-/m1/s1. The van der Waals surface area contributed by atoms with Crippen molar-refractivity contribution in [2.24, 2.45) is 0 Å². The van der Waals surface area contributed by atoms with Gasteiger partial charge in [0.1, 0.15) is 11.7 Å². The van der Waals surface area contributed by atoms with Crippen LogP contribution in [0.15, 0.2) is 22.8 Å². The highest BCUT2D eigenvalue weighted by Crippen LogP contribution is 2.07. The van der Waals surface area contributed by atoms with Gasteiger partial charge in [0.25, 0.3) is 5.91 Å². The smallest absolute Gasteiger partial charge is 0.326 e. The maximum Gasteiger partial charge on any atom is 0.326 e. The van der Waals surface area contributed by atoms with E-state index in [0.717, 1.165) is 4.47 Å². The van der Waals surface area contributed by atoms with Crippen molar-refractivity contribution in [1.82, 2.24) is 10.3 Å². The Morgan fingerprint density at radius 3 is 2.69 bits per heavy atom. The van der Waals surface area contributed by atoms with Gasteiger partial charge in [-0.25, -0.2) is 9.78 Å². The molecule has 0 spiro atoms. The zero-order valence-corrected chi connectivity index (χ0v) is 10.2. The van der Waals surface area contributed by atoms with Crippen LogP contribution >= 0.6 is 15.9 Å². The number of amides is 1. The third-order valence-corrected chi connectivity index (χ3v) is 2.44. The van der Waals surface area contributed by atoms with E-state index in [9.17, 15) is 9.59 Å². The van der Waals surface area contributed by atoms with Crippen LogP contribution in [-0.4, -0.2) is 28.0 Å². The van der Waals surface area contributed by atoms with Crippen LogP contribution in [0.25, 0.3) is 0 Å². The van der Waals surface area contributed by atoms with E-state index in [2.05, 4.69) is 26.2 Å². The number of halogens is 1. The van der Waals surface area contributed by atoms with Gasteiger partial charge in [-0.3, -0.25) is 4.79 Å². The van der Waals surface area contributed by atoms with Crippen LogP contribution < -0.4 is 5.32 Å². The Morgan fingerprint density at radius 1 is 1.56 bits per heavy atom. The second-order valence-electron chi connectivity index (χ2n) is 3.13. The summed E-state index contributed by atoms with van der Waals surface area (Å²) >= 11 is 3.19. The van der Waals surface area contributed by atoms with Crippen molar-refractivity contribution < 1.29 is 14.7 Å². The van der Waals surface area contributed by atoms with E-state index >= 15 is 0 Å². The summed E-state index contributed by atoms with van der Waals surface area (Å²) in [7, 11) is 0. The molecule has 2 N–H and O–H groups in total. The van der Waals surface area contributed by atoms with Crippen molar-refractivity contribution >= 4 is 27.8 Å². The zero-order chi connectivity index (χ0) is 12.1. The summed E-state index contributed by atoms with van der Waals surface area (Å²) in [5, 5.41) is 11.2. The molecule has 0 aromatic carbocycles. The molecule has 1 heterocycles. The number of hydrogen-bond donors (Lipinski definition) is 2. The number of nitrogens with one attached hydrogen (secondary N) is 1. The number of aliphatic carboxylic acids is 1. The first-order valence-corrected chi connectivity index (χ1v) is 5.49. The lowest BCUT2D eigenvalue weighted by Crippen LogP contribution is -2.40. The molecule has 0 aliphatic carbocycles. The van der Waals surface area contributed by atoms with Crippen LogP contribution in [0.5, 0.6) is 0 Å². The number of carboxylic acids is 1. The number of rotatable bonds is 4. The van der Waals surface area contributed by atoms with E-state index < -0.39 is 17.9 Å². The zero-order valence-electron chi connectivity index (χ0n) is 8.61. The lowest BCUT2D eigenvalue weighted by atomic mass is 10.2. The molecule has 0 unspecified atom stereocenters. The Bertz CT molecular complexity index is 392. The summed E-state index contributed by atoms with van der Waals surface area (Å²) in [6.45, 7) is 1.69. The Morgan fingerprint density at radius 2 is 2.25 bits per heavy atom. The summed E-state index contributed by atoms with van der Waals surface area (Å²) in [4.78, 5) is 26.2.